The van der Waals surface area contributed by atoms with Crippen LogP contribution >= 0.6 is 0 Å². The van der Waals surface area contributed by atoms with E-state index in [4.69, 9.17) is 0 Å². The Morgan fingerprint density at radius 3 is 2.73 bits per heavy atom. The maximum Gasteiger partial charge on any atom is 0.0274 e. The predicted octanol–water partition coefficient (Wildman–Crippen LogP) is 2.68. The van der Waals surface area contributed by atoms with Crippen molar-refractivity contribution >= 4 is 9.52 Å². The molecule has 1 aliphatic rings. The van der Waals surface area contributed by atoms with E-state index in [-0.39, 0.29) is 9.52 Å². The molecule has 0 heterocycles. The lowest BCUT2D eigenvalue weighted by Gasteiger charge is -2.19. The standard InChI is InChI=1S/C10H20Si/c1-2-3-9-11-10-7-5-4-6-8-10/h4H,2-3,5-9,11H2,1H3. The average Bonchev–Trinajstić information content (AvgIpc) is 2.07. The molecule has 0 saturated heterocycles. The van der Waals surface area contributed by atoms with E-state index >= 15 is 0 Å². The topological polar surface area (TPSA) is 0 Å². The van der Waals surface area contributed by atoms with Crippen LogP contribution in [-0.2, 0) is 0 Å². The second kappa shape index (κ2) is 5.82. The minimum Gasteiger partial charge on any atom is -0.0654 e. The normalized spacial score (nSPS) is 21.5. The molecule has 0 aliphatic heterocycles. The summed E-state index contributed by atoms with van der Waals surface area (Å²) < 4.78 is 0. The molecule has 1 heteroatoms. The molecular weight excluding hydrogens is 148 g/mol. The van der Waals surface area contributed by atoms with Gasteiger partial charge in [0, 0.05) is 9.52 Å². The summed E-state index contributed by atoms with van der Waals surface area (Å²) in [5.41, 5.74) is 1.97. The molecule has 0 N–H and O–H groups in total. The van der Waals surface area contributed by atoms with E-state index in [1.165, 1.54) is 38.5 Å². The fourth-order valence-corrected chi connectivity index (χ4v) is 3.91. The molecular formula is C10H20Si. The van der Waals surface area contributed by atoms with Gasteiger partial charge in [-0.1, -0.05) is 38.7 Å². The van der Waals surface area contributed by atoms with Crippen molar-refractivity contribution in [2.24, 2.45) is 0 Å². The van der Waals surface area contributed by atoms with E-state index in [9.17, 15) is 0 Å². The van der Waals surface area contributed by atoms with Gasteiger partial charge in [-0.3, -0.25) is 0 Å². The van der Waals surface area contributed by atoms with Crippen molar-refractivity contribution in [2.75, 3.05) is 0 Å². The Labute approximate surface area is 73.6 Å². The minimum atomic E-state index is 0.251. The average molecular weight is 168 g/mol. The quantitative estimate of drug-likeness (QED) is 0.447. The Bertz CT molecular complexity index is 84.9. The molecule has 0 atom stereocenters. The highest BCUT2D eigenvalue weighted by atomic mass is 28.2. The lowest BCUT2D eigenvalue weighted by atomic mass is 10.0. The second-order valence-corrected chi connectivity index (χ2v) is 5.78. The van der Waals surface area contributed by atoms with Gasteiger partial charge < -0.3 is 0 Å². The zero-order chi connectivity index (χ0) is 7.94. The van der Waals surface area contributed by atoms with E-state index in [2.05, 4.69) is 13.3 Å². The summed E-state index contributed by atoms with van der Waals surface area (Å²) >= 11 is 0. The van der Waals surface area contributed by atoms with Gasteiger partial charge in [-0.05, 0) is 24.8 Å². The number of hydrogen-bond acceptors (Lipinski definition) is 0. The molecule has 64 valence electrons. The smallest absolute Gasteiger partial charge is 0.0274 e. The highest BCUT2D eigenvalue weighted by Crippen LogP contribution is 2.24. The summed E-state index contributed by atoms with van der Waals surface area (Å²) in [6, 6.07) is 1.58. The molecule has 11 heavy (non-hydrogen) atoms. The minimum absolute atomic E-state index is 0.251. The first kappa shape index (κ1) is 9.31. The molecule has 0 aromatic heterocycles. The Morgan fingerprint density at radius 2 is 2.09 bits per heavy atom. The van der Waals surface area contributed by atoms with Gasteiger partial charge in [0.15, 0.2) is 0 Å². The molecule has 1 rings (SSSR count). The van der Waals surface area contributed by atoms with E-state index < -0.39 is 0 Å². The zero-order valence-corrected chi connectivity index (χ0v) is 9.15. The van der Waals surface area contributed by atoms with E-state index in [1.54, 1.807) is 6.04 Å². The second-order valence-electron chi connectivity index (χ2n) is 3.57. The lowest BCUT2D eigenvalue weighted by Crippen LogP contribution is -2.11. The Hall–Kier alpha value is 0.217. The third-order valence-electron chi connectivity index (χ3n) is 2.54. The van der Waals surface area contributed by atoms with Crippen molar-refractivity contribution in [3.63, 3.8) is 0 Å². The van der Waals surface area contributed by atoms with Crippen LogP contribution in [-0.4, -0.2) is 9.52 Å². The fraction of sp³-hybridized carbons (Fsp3) is 0.800. The van der Waals surface area contributed by atoms with Crippen molar-refractivity contribution in [1.82, 2.24) is 0 Å². The molecule has 0 aromatic carbocycles. The molecule has 0 aromatic rings. The maximum absolute atomic E-state index is 2.46. The van der Waals surface area contributed by atoms with Gasteiger partial charge in [0.2, 0.25) is 0 Å². The van der Waals surface area contributed by atoms with Crippen molar-refractivity contribution < 1.29 is 0 Å². The zero-order valence-electron chi connectivity index (χ0n) is 7.73. The maximum atomic E-state index is 2.46. The first-order valence-electron chi connectivity index (χ1n) is 5.08. The summed E-state index contributed by atoms with van der Waals surface area (Å²) in [4.78, 5) is 0. The molecule has 1 saturated carbocycles. The van der Waals surface area contributed by atoms with Gasteiger partial charge in [-0.2, -0.15) is 0 Å². The van der Waals surface area contributed by atoms with E-state index in [1.807, 2.05) is 5.54 Å². The van der Waals surface area contributed by atoms with Crippen LogP contribution < -0.4 is 0 Å². The Kier molecular flexibility index (Phi) is 4.92. The lowest BCUT2D eigenvalue weighted by molar-refractivity contribution is 0.682. The highest BCUT2D eigenvalue weighted by Gasteiger charge is 2.12. The van der Waals surface area contributed by atoms with Crippen LogP contribution in [0.1, 0.15) is 45.4 Å². The van der Waals surface area contributed by atoms with Crippen molar-refractivity contribution in [3.8, 4) is 0 Å². The van der Waals surface area contributed by atoms with Crippen LogP contribution in [0.5, 0.6) is 0 Å². The van der Waals surface area contributed by atoms with Gasteiger partial charge in [-0.15, -0.1) is 0 Å². The van der Waals surface area contributed by atoms with Crippen LogP contribution in [0.2, 0.25) is 6.04 Å². The van der Waals surface area contributed by atoms with Gasteiger partial charge in [0.05, 0.1) is 0 Å². The summed E-state index contributed by atoms with van der Waals surface area (Å²) in [7, 11) is 0.251. The number of hydrogen-bond donors (Lipinski definition) is 0. The molecule has 1 aliphatic carbocycles. The molecule has 0 nitrogen and oxygen atoms in total. The van der Waals surface area contributed by atoms with Crippen molar-refractivity contribution in [1.29, 1.82) is 0 Å². The third kappa shape index (κ3) is 3.95. The summed E-state index contributed by atoms with van der Waals surface area (Å²) in [5, 5.41) is 0. The van der Waals surface area contributed by atoms with Gasteiger partial charge in [-0.25, -0.2) is 0 Å². The van der Waals surface area contributed by atoms with Crippen LogP contribution in [0.25, 0.3) is 0 Å². The fourth-order valence-electron chi connectivity index (χ4n) is 1.76. The summed E-state index contributed by atoms with van der Waals surface area (Å²) in [6.07, 6.45) is 11.0. The van der Waals surface area contributed by atoms with Crippen molar-refractivity contribution in [3.05, 3.63) is 12.0 Å². The Morgan fingerprint density at radius 1 is 1.36 bits per heavy atom. The third-order valence-corrected chi connectivity index (χ3v) is 4.81. The SMILES string of the molecule is CCCC[SiH2][C]1CC[CH]CC1. The molecule has 0 amide bonds. The summed E-state index contributed by atoms with van der Waals surface area (Å²) in [5.74, 6) is 0. The molecule has 0 spiro atoms. The van der Waals surface area contributed by atoms with Crippen LogP contribution in [0.15, 0.2) is 0 Å². The van der Waals surface area contributed by atoms with Crippen LogP contribution in [0.4, 0.5) is 0 Å². The number of rotatable bonds is 4. The van der Waals surface area contributed by atoms with E-state index in [0.29, 0.717) is 0 Å². The molecule has 1 fully saturated rings. The molecule has 0 bridgehead atoms. The Balaban J connectivity index is 1.96. The number of unbranched alkanes of at least 4 members (excludes halogenated alkanes) is 1. The van der Waals surface area contributed by atoms with Gasteiger partial charge >= 0.3 is 0 Å². The molecule has 0 unspecified atom stereocenters. The first-order valence-corrected chi connectivity index (χ1v) is 6.79. The predicted molar refractivity (Wildman–Crippen MR) is 54.3 cm³/mol. The monoisotopic (exact) mass is 168 g/mol. The van der Waals surface area contributed by atoms with Crippen LogP contribution in [0, 0.1) is 12.0 Å². The van der Waals surface area contributed by atoms with Crippen molar-refractivity contribution in [2.45, 2.75) is 51.5 Å². The molecule has 2 radical (unpaired) electrons. The highest BCUT2D eigenvalue weighted by molar-refractivity contribution is 6.42. The van der Waals surface area contributed by atoms with Gasteiger partial charge in [0.25, 0.3) is 0 Å². The van der Waals surface area contributed by atoms with Crippen LogP contribution in [0.3, 0.4) is 0 Å². The first-order chi connectivity index (χ1) is 5.43. The van der Waals surface area contributed by atoms with Gasteiger partial charge in [0.1, 0.15) is 0 Å². The summed E-state index contributed by atoms with van der Waals surface area (Å²) in [6.45, 7) is 2.30. The van der Waals surface area contributed by atoms with E-state index in [0.717, 1.165) is 0 Å². The largest absolute Gasteiger partial charge is 0.0654 e.